The highest BCUT2D eigenvalue weighted by molar-refractivity contribution is 5.80. The molecule has 1 N–H and O–H groups in total. The molecule has 1 fully saturated rings. The molecule has 0 unspecified atom stereocenters. The zero-order valence-electron chi connectivity index (χ0n) is 18.8. The van der Waals surface area contributed by atoms with Crippen molar-refractivity contribution in [3.63, 3.8) is 0 Å². The predicted octanol–water partition coefficient (Wildman–Crippen LogP) is 2.25. The summed E-state index contributed by atoms with van der Waals surface area (Å²) in [6, 6.07) is 0. The number of aryl methyl sites for hydroxylation is 1. The third-order valence-electron chi connectivity index (χ3n) is 4.94. The van der Waals surface area contributed by atoms with Crippen molar-refractivity contribution in [2.24, 2.45) is 18.0 Å². The van der Waals surface area contributed by atoms with Gasteiger partial charge in [-0.2, -0.15) is 5.10 Å². The molecular formula is C20H37N7O2. The van der Waals surface area contributed by atoms with Crippen LogP contribution in [-0.2, 0) is 18.3 Å². The average molecular weight is 408 g/mol. The van der Waals surface area contributed by atoms with Crippen LogP contribution in [0.5, 0.6) is 0 Å². The molecule has 1 aromatic heterocycles. The molecule has 1 aliphatic rings. The van der Waals surface area contributed by atoms with Crippen LogP contribution in [0.4, 0.5) is 4.79 Å². The van der Waals surface area contributed by atoms with Gasteiger partial charge in [0, 0.05) is 39.8 Å². The molecule has 1 amide bonds. The first-order chi connectivity index (χ1) is 13.7. The summed E-state index contributed by atoms with van der Waals surface area (Å²) in [4.78, 5) is 25.5. The second-order valence-electron chi connectivity index (χ2n) is 8.42. The molecule has 0 aromatic carbocycles. The lowest BCUT2D eigenvalue weighted by molar-refractivity contribution is 0.0214. The van der Waals surface area contributed by atoms with Crippen LogP contribution in [0.25, 0.3) is 0 Å². The second-order valence-corrected chi connectivity index (χ2v) is 8.42. The lowest BCUT2D eigenvalue weighted by atomic mass is 9.96. The molecule has 29 heavy (non-hydrogen) atoms. The first-order valence-electron chi connectivity index (χ1n) is 10.6. The Bertz CT molecular complexity index is 673. The Kier molecular flexibility index (Phi) is 8.28. The topological polar surface area (TPSA) is 87.9 Å². The van der Waals surface area contributed by atoms with Crippen LogP contribution in [-0.4, -0.2) is 74.9 Å². The fraction of sp³-hybridized carbons (Fsp3) is 0.800. The predicted molar refractivity (Wildman–Crippen MR) is 114 cm³/mol. The minimum Gasteiger partial charge on any atom is -0.444 e. The van der Waals surface area contributed by atoms with Gasteiger partial charge >= 0.3 is 6.09 Å². The van der Waals surface area contributed by atoms with Gasteiger partial charge in [0.25, 0.3) is 0 Å². The molecule has 164 valence electrons. The van der Waals surface area contributed by atoms with E-state index in [2.05, 4.69) is 27.2 Å². The van der Waals surface area contributed by atoms with E-state index in [1.807, 2.05) is 39.6 Å². The third kappa shape index (κ3) is 7.21. The van der Waals surface area contributed by atoms with Gasteiger partial charge in [0.2, 0.25) is 0 Å². The highest BCUT2D eigenvalue weighted by Gasteiger charge is 2.27. The van der Waals surface area contributed by atoms with Crippen molar-refractivity contribution < 1.29 is 9.53 Å². The Morgan fingerprint density at radius 3 is 2.55 bits per heavy atom. The molecule has 9 heteroatoms. The van der Waals surface area contributed by atoms with Crippen LogP contribution >= 0.6 is 0 Å². The van der Waals surface area contributed by atoms with Crippen LogP contribution in [0.15, 0.2) is 11.3 Å². The van der Waals surface area contributed by atoms with Crippen LogP contribution in [0.3, 0.4) is 0 Å². The maximum absolute atomic E-state index is 12.4. The maximum Gasteiger partial charge on any atom is 0.410 e. The monoisotopic (exact) mass is 407 g/mol. The molecule has 0 spiro atoms. The minimum atomic E-state index is -0.465. The number of hydrogen-bond donors (Lipinski definition) is 1. The van der Waals surface area contributed by atoms with Crippen LogP contribution in [0.2, 0.25) is 0 Å². The Labute approximate surface area is 174 Å². The summed E-state index contributed by atoms with van der Waals surface area (Å²) >= 11 is 0. The van der Waals surface area contributed by atoms with E-state index in [1.165, 1.54) is 0 Å². The fourth-order valence-electron chi connectivity index (χ4n) is 3.33. The normalized spacial score (nSPS) is 16.1. The van der Waals surface area contributed by atoms with Gasteiger partial charge < -0.3 is 19.9 Å². The highest BCUT2D eigenvalue weighted by Crippen LogP contribution is 2.20. The molecule has 0 radical (unpaired) electrons. The lowest BCUT2D eigenvalue weighted by Crippen LogP contribution is -2.47. The summed E-state index contributed by atoms with van der Waals surface area (Å²) in [5, 5.41) is 7.47. The van der Waals surface area contributed by atoms with Crippen molar-refractivity contribution in [3.05, 3.63) is 12.2 Å². The number of piperidine rings is 1. The number of likely N-dealkylation sites (tertiary alicyclic amines) is 1. The average Bonchev–Trinajstić information content (AvgIpc) is 3.07. The second kappa shape index (κ2) is 10.5. The molecule has 1 aromatic rings. The molecule has 0 atom stereocenters. The molecule has 0 bridgehead atoms. The van der Waals surface area contributed by atoms with E-state index in [-0.39, 0.29) is 6.09 Å². The van der Waals surface area contributed by atoms with E-state index >= 15 is 0 Å². The maximum atomic E-state index is 12.4. The summed E-state index contributed by atoms with van der Waals surface area (Å²) < 4.78 is 7.28. The van der Waals surface area contributed by atoms with E-state index < -0.39 is 5.60 Å². The first-order valence-corrected chi connectivity index (χ1v) is 10.6. The third-order valence-corrected chi connectivity index (χ3v) is 4.94. The van der Waals surface area contributed by atoms with Crippen molar-refractivity contribution in [3.8, 4) is 0 Å². The summed E-state index contributed by atoms with van der Waals surface area (Å²) in [6.45, 7) is 14.3. The van der Waals surface area contributed by atoms with Gasteiger partial charge in [0.05, 0.1) is 0 Å². The first kappa shape index (κ1) is 23.0. The van der Waals surface area contributed by atoms with E-state index in [9.17, 15) is 4.79 Å². The number of aromatic nitrogens is 3. The molecule has 1 saturated heterocycles. The number of amides is 1. The summed E-state index contributed by atoms with van der Waals surface area (Å²) in [6.07, 6.45) is 3.37. The van der Waals surface area contributed by atoms with Crippen molar-refractivity contribution in [1.82, 2.24) is 29.9 Å². The minimum absolute atomic E-state index is 0.221. The number of rotatable bonds is 6. The lowest BCUT2D eigenvalue weighted by Gasteiger charge is -2.36. The number of hydrogen-bond acceptors (Lipinski definition) is 5. The Morgan fingerprint density at radius 2 is 2.03 bits per heavy atom. The standard InChI is InChI=1S/C20H37N7O2/c1-7-21-18(22-13-17-23-15-24-25(17)6)27-11-9-16(10-12-27)14-26(8-2)19(28)29-20(3,4)5/h15-16H,7-14H2,1-6H3,(H,21,22). The van der Waals surface area contributed by atoms with E-state index in [0.717, 1.165) is 50.8 Å². The van der Waals surface area contributed by atoms with Crippen LogP contribution in [0.1, 0.15) is 53.3 Å². The van der Waals surface area contributed by atoms with Gasteiger partial charge in [-0.25, -0.2) is 14.8 Å². The van der Waals surface area contributed by atoms with Crippen molar-refractivity contribution in [1.29, 1.82) is 0 Å². The zero-order valence-corrected chi connectivity index (χ0v) is 18.8. The number of nitrogens with zero attached hydrogens (tertiary/aromatic N) is 6. The molecule has 1 aliphatic heterocycles. The number of aliphatic imine (C=N–C) groups is 1. The van der Waals surface area contributed by atoms with Gasteiger partial charge in [0.15, 0.2) is 5.96 Å². The molecule has 2 rings (SSSR count). The van der Waals surface area contributed by atoms with Crippen LogP contribution < -0.4 is 5.32 Å². The smallest absolute Gasteiger partial charge is 0.410 e. The Hall–Kier alpha value is -2.32. The Balaban J connectivity index is 1.90. The Morgan fingerprint density at radius 1 is 1.34 bits per heavy atom. The number of guanidine groups is 1. The molecule has 0 aliphatic carbocycles. The van der Waals surface area contributed by atoms with Gasteiger partial charge in [-0.05, 0) is 53.4 Å². The van der Waals surface area contributed by atoms with Gasteiger partial charge in [-0.1, -0.05) is 0 Å². The van der Waals surface area contributed by atoms with Crippen molar-refractivity contribution in [2.75, 3.05) is 32.7 Å². The van der Waals surface area contributed by atoms with Gasteiger partial charge in [-0.3, -0.25) is 4.68 Å². The van der Waals surface area contributed by atoms with E-state index in [0.29, 0.717) is 19.0 Å². The largest absolute Gasteiger partial charge is 0.444 e. The van der Waals surface area contributed by atoms with Crippen molar-refractivity contribution in [2.45, 2.75) is 59.6 Å². The van der Waals surface area contributed by atoms with E-state index in [1.54, 1.807) is 11.0 Å². The number of carbonyl (C=O) groups is 1. The molecule has 0 saturated carbocycles. The molecule has 9 nitrogen and oxygen atoms in total. The quantitative estimate of drug-likeness (QED) is 0.575. The van der Waals surface area contributed by atoms with Gasteiger partial charge in [-0.15, -0.1) is 0 Å². The number of ether oxygens (including phenoxy) is 1. The molecule has 2 heterocycles. The summed E-state index contributed by atoms with van der Waals surface area (Å²) in [7, 11) is 1.88. The zero-order chi connectivity index (χ0) is 21.4. The van der Waals surface area contributed by atoms with E-state index in [4.69, 9.17) is 9.73 Å². The number of nitrogens with one attached hydrogen (secondary N) is 1. The van der Waals surface area contributed by atoms with Crippen LogP contribution in [0, 0.1) is 5.92 Å². The van der Waals surface area contributed by atoms with Crippen molar-refractivity contribution >= 4 is 12.1 Å². The highest BCUT2D eigenvalue weighted by atomic mass is 16.6. The number of carbonyl (C=O) groups excluding carboxylic acids is 1. The SMILES string of the molecule is CCNC(=NCc1ncnn1C)N1CCC(CN(CC)C(=O)OC(C)(C)C)CC1. The molecular weight excluding hydrogens is 370 g/mol. The summed E-state index contributed by atoms with van der Waals surface area (Å²) in [5.41, 5.74) is -0.465. The summed E-state index contributed by atoms with van der Waals surface area (Å²) in [5.74, 6) is 2.22. The van der Waals surface area contributed by atoms with Gasteiger partial charge in [0.1, 0.15) is 24.3 Å². The fourth-order valence-corrected chi connectivity index (χ4v) is 3.33.